The SMILES string of the molecule is CCN(Cc1ccccc1)C(=O)c1cc(Nc2c(C)cccc2C)nc(C)n1. The number of rotatable bonds is 6. The normalized spacial score (nSPS) is 10.6. The molecule has 2 aromatic carbocycles. The fraction of sp³-hybridized carbons (Fsp3) is 0.261. The number of amides is 1. The van der Waals surface area contributed by atoms with Crippen LogP contribution in [0.3, 0.4) is 0 Å². The zero-order valence-electron chi connectivity index (χ0n) is 16.9. The van der Waals surface area contributed by atoms with Crippen molar-refractivity contribution in [3.63, 3.8) is 0 Å². The molecular weight excluding hydrogens is 348 g/mol. The van der Waals surface area contributed by atoms with E-state index in [0.717, 1.165) is 22.4 Å². The second-order valence-electron chi connectivity index (χ2n) is 6.88. The summed E-state index contributed by atoms with van der Waals surface area (Å²) < 4.78 is 0. The zero-order valence-corrected chi connectivity index (χ0v) is 16.9. The summed E-state index contributed by atoms with van der Waals surface area (Å²) in [5.74, 6) is 1.10. The highest BCUT2D eigenvalue weighted by molar-refractivity contribution is 5.93. The van der Waals surface area contributed by atoms with E-state index in [9.17, 15) is 4.79 Å². The molecule has 0 unspecified atom stereocenters. The van der Waals surface area contributed by atoms with Crippen LogP contribution in [0.4, 0.5) is 11.5 Å². The second kappa shape index (κ2) is 8.65. The zero-order chi connectivity index (χ0) is 20.1. The molecule has 1 aromatic heterocycles. The molecule has 0 saturated carbocycles. The number of para-hydroxylation sites is 1. The first-order chi connectivity index (χ1) is 13.5. The van der Waals surface area contributed by atoms with E-state index in [1.54, 1.807) is 17.9 Å². The molecule has 1 N–H and O–H groups in total. The minimum absolute atomic E-state index is 0.0959. The Morgan fingerprint density at radius 1 is 0.964 bits per heavy atom. The summed E-state index contributed by atoms with van der Waals surface area (Å²) in [7, 11) is 0. The largest absolute Gasteiger partial charge is 0.340 e. The van der Waals surface area contributed by atoms with E-state index in [1.807, 2.05) is 69.3 Å². The Bertz CT molecular complexity index is 949. The molecule has 0 bridgehead atoms. The standard InChI is InChI=1S/C23H26N4O/c1-5-27(15-19-12-7-6-8-13-19)23(28)20-14-21(25-18(4)24-20)26-22-16(2)10-9-11-17(22)3/h6-14H,5,15H2,1-4H3,(H,24,25,26). The molecule has 0 aliphatic rings. The Kier molecular flexibility index (Phi) is 6.04. The molecule has 0 atom stereocenters. The first-order valence-corrected chi connectivity index (χ1v) is 9.50. The quantitative estimate of drug-likeness (QED) is 0.673. The molecule has 0 aliphatic heterocycles. The lowest BCUT2D eigenvalue weighted by molar-refractivity contribution is 0.0746. The minimum Gasteiger partial charge on any atom is -0.340 e. The van der Waals surface area contributed by atoms with E-state index >= 15 is 0 Å². The molecule has 0 aliphatic carbocycles. The van der Waals surface area contributed by atoms with Crippen molar-refractivity contribution in [2.45, 2.75) is 34.2 Å². The summed E-state index contributed by atoms with van der Waals surface area (Å²) >= 11 is 0. The summed E-state index contributed by atoms with van der Waals surface area (Å²) in [4.78, 5) is 23.7. The van der Waals surface area contributed by atoms with Gasteiger partial charge in [0.05, 0.1) is 0 Å². The lowest BCUT2D eigenvalue weighted by Gasteiger charge is -2.21. The smallest absolute Gasteiger partial charge is 0.272 e. The third kappa shape index (κ3) is 4.55. The Morgan fingerprint density at radius 3 is 2.29 bits per heavy atom. The molecule has 0 fully saturated rings. The Labute approximate surface area is 166 Å². The van der Waals surface area contributed by atoms with Crippen LogP contribution in [0.5, 0.6) is 0 Å². The van der Waals surface area contributed by atoms with Gasteiger partial charge in [-0.3, -0.25) is 4.79 Å². The average Bonchev–Trinajstić information content (AvgIpc) is 2.69. The van der Waals surface area contributed by atoms with Gasteiger partial charge in [-0.1, -0.05) is 48.5 Å². The predicted octanol–water partition coefficient (Wildman–Crippen LogP) is 4.81. The van der Waals surface area contributed by atoms with Gasteiger partial charge in [-0.05, 0) is 44.4 Å². The van der Waals surface area contributed by atoms with Gasteiger partial charge >= 0.3 is 0 Å². The minimum atomic E-state index is -0.0959. The number of anilines is 2. The van der Waals surface area contributed by atoms with Gasteiger partial charge in [0.1, 0.15) is 17.3 Å². The number of aromatic nitrogens is 2. The van der Waals surface area contributed by atoms with Crippen LogP contribution >= 0.6 is 0 Å². The van der Waals surface area contributed by atoms with Crippen LogP contribution in [0.2, 0.25) is 0 Å². The van der Waals surface area contributed by atoms with Crippen LogP contribution in [-0.2, 0) is 6.54 Å². The molecule has 5 heteroatoms. The highest BCUT2D eigenvalue weighted by atomic mass is 16.2. The van der Waals surface area contributed by atoms with E-state index in [2.05, 4.69) is 15.3 Å². The Hall–Kier alpha value is -3.21. The van der Waals surface area contributed by atoms with E-state index in [4.69, 9.17) is 0 Å². The monoisotopic (exact) mass is 374 g/mol. The highest BCUT2D eigenvalue weighted by Crippen LogP contribution is 2.24. The van der Waals surface area contributed by atoms with Gasteiger partial charge in [0, 0.05) is 24.8 Å². The number of aryl methyl sites for hydroxylation is 3. The first-order valence-electron chi connectivity index (χ1n) is 9.50. The van der Waals surface area contributed by atoms with Crippen molar-refractivity contribution in [1.29, 1.82) is 0 Å². The number of carbonyl (C=O) groups is 1. The van der Waals surface area contributed by atoms with Gasteiger partial charge in [0.15, 0.2) is 0 Å². The molecule has 1 heterocycles. The van der Waals surface area contributed by atoms with Gasteiger partial charge in [0.2, 0.25) is 0 Å². The fourth-order valence-electron chi connectivity index (χ4n) is 3.17. The summed E-state index contributed by atoms with van der Waals surface area (Å²) in [6, 6.07) is 17.8. The van der Waals surface area contributed by atoms with Crippen LogP contribution < -0.4 is 5.32 Å². The van der Waals surface area contributed by atoms with Crippen molar-refractivity contribution >= 4 is 17.4 Å². The lowest BCUT2D eigenvalue weighted by atomic mass is 10.1. The molecule has 5 nitrogen and oxygen atoms in total. The van der Waals surface area contributed by atoms with Crippen LogP contribution in [0, 0.1) is 20.8 Å². The van der Waals surface area contributed by atoms with Crippen molar-refractivity contribution in [3.8, 4) is 0 Å². The molecule has 0 saturated heterocycles. The summed E-state index contributed by atoms with van der Waals surface area (Å²) in [5.41, 5.74) is 4.76. The summed E-state index contributed by atoms with van der Waals surface area (Å²) in [6.07, 6.45) is 0. The van der Waals surface area contributed by atoms with Gasteiger partial charge in [0.25, 0.3) is 5.91 Å². The summed E-state index contributed by atoms with van der Waals surface area (Å²) in [6.45, 7) is 9.04. The number of hydrogen-bond acceptors (Lipinski definition) is 4. The Balaban J connectivity index is 1.86. The first kappa shape index (κ1) is 19.5. The molecule has 0 radical (unpaired) electrons. The van der Waals surface area contributed by atoms with E-state index in [-0.39, 0.29) is 5.91 Å². The van der Waals surface area contributed by atoms with Gasteiger partial charge in [-0.2, -0.15) is 0 Å². The highest BCUT2D eigenvalue weighted by Gasteiger charge is 2.18. The number of nitrogens with one attached hydrogen (secondary N) is 1. The maximum atomic E-state index is 13.1. The molecule has 3 rings (SSSR count). The molecule has 28 heavy (non-hydrogen) atoms. The number of benzene rings is 2. The van der Waals surface area contributed by atoms with Crippen LogP contribution in [0.15, 0.2) is 54.6 Å². The number of hydrogen-bond donors (Lipinski definition) is 1. The van der Waals surface area contributed by atoms with Gasteiger partial charge < -0.3 is 10.2 Å². The average molecular weight is 374 g/mol. The van der Waals surface area contributed by atoms with Crippen molar-refractivity contribution in [2.75, 3.05) is 11.9 Å². The van der Waals surface area contributed by atoms with Crippen LogP contribution in [-0.4, -0.2) is 27.3 Å². The molecule has 0 spiro atoms. The number of carbonyl (C=O) groups excluding carboxylic acids is 1. The fourth-order valence-corrected chi connectivity index (χ4v) is 3.17. The van der Waals surface area contributed by atoms with Gasteiger partial charge in [-0.15, -0.1) is 0 Å². The topological polar surface area (TPSA) is 58.1 Å². The lowest BCUT2D eigenvalue weighted by Crippen LogP contribution is -2.31. The van der Waals surface area contributed by atoms with Crippen molar-refractivity contribution in [2.24, 2.45) is 0 Å². The van der Waals surface area contributed by atoms with E-state index in [1.165, 1.54) is 0 Å². The van der Waals surface area contributed by atoms with E-state index in [0.29, 0.717) is 30.4 Å². The van der Waals surface area contributed by atoms with Crippen LogP contribution in [0.1, 0.15) is 39.9 Å². The molecule has 3 aromatic rings. The maximum Gasteiger partial charge on any atom is 0.272 e. The molecular formula is C23H26N4O. The second-order valence-corrected chi connectivity index (χ2v) is 6.88. The maximum absolute atomic E-state index is 13.1. The van der Waals surface area contributed by atoms with E-state index < -0.39 is 0 Å². The number of nitrogens with zero attached hydrogens (tertiary/aromatic N) is 3. The van der Waals surface area contributed by atoms with Crippen molar-refractivity contribution < 1.29 is 4.79 Å². The molecule has 144 valence electrons. The molecule has 1 amide bonds. The third-order valence-electron chi connectivity index (χ3n) is 4.68. The van der Waals surface area contributed by atoms with Gasteiger partial charge in [-0.25, -0.2) is 9.97 Å². The predicted molar refractivity (Wildman–Crippen MR) is 113 cm³/mol. The third-order valence-corrected chi connectivity index (χ3v) is 4.68. The summed E-state index contributed by atoms with van der Waals surface area (Å²) in [5, 5.41) is 3.36. The van der Waals surface area contributed by atoms with Crippen molar-refractivity contribution in [3.05, 3.63) is 82.8 Å². The van der Waals surface area contributed by atoms with Crippen molar-refractivity contribution in [1.82, 2.24) is 14.9 Å². The van der Waals surface area contributed by atoms with Crippen LogP contribution in [0.25, 0.3) is 0 Å². The Morgan fingerprint density at radius 2 is 1.64 bits per heavy atom.